The van der Waals surface area contributed by atoms with E-state index in [1.807, 2.05) is 4.90 Å². The highest BCUT2D eigenvalue weighted by Crippen LogP contribution is 2.39. The second kappa shape index (κ2) is 1.97. The predicted octanol–water partition coefficient (Wildman–Crippen LogP) is 0.875. The van der Waals surface area contributed by atoms with Crippen molar-refractivity contribution < 1.29 is 4.79 Å². The standard InChI is InChI=1S/C8H13NO/c1-6-5-7(6)8(10)9-3-2-4-9/h6-7H,2-5H2,1H3/t6-,7-/m0/s1. The zero-order valence-electron chi connectivity index (χ0n) is 6.34. The predicted molar refractivity (Wildman–Crippen MR) is 38.5 cm³/mol. The Bertz CT molecular complexity index is 156. The average Bonchev–Trinajstić information content (AvgIpc) is 2.41. The van der Waals surface area contributed by atoms with Crippen molar-refractivity contribution in [3.8, 4) is 0 Å². The van der Waals surface area contributed by atoms with Gasteiger partial charge in [0, 0.05) is 19.0 Å². The Hall–Kier alpha value is -0.530. The van der Waals surface area contributed by atoms with Gasteiger partial charge >= 0.3 is 0 Å². The van der Waals surface area contributed by atoms with Gasteiger partial charge in [-0.1, -0.05) is 6.92 Å². The first kappa shape index (κ1) is 6.20. The van der Waals surface area contributed by atoms with Crippen molar-refractivity contribution in [1.82, 2.24) is 4.90 Å². The molecule has 0 radical (unpaired) electrons. The summed E-state index contributed by atoms with van der Waals surface area (Å²) < 4.78 is 0. The first-order chi connectivity index (χ1) is 4.79. The SMILES string of the molecule is C[C@H]1C[C@@H]1C(=O)N1CCC1. The molecule has 1 saturated heterocycles. The number of nitrogens with zero attached hydrogens (tertiary/aromatic N) is 1. The van der Waals surface area contributed by atoms with Crippen molar-refractivity contribution in [1.29, 1.82) is 0 Å². The minimum atomic E-state index is 0.403. The normalized spacial score (nSPS) is 37.1. The molecule has 1 saturated carbocycles. The average molecular weight is 139 g/mol. The van der Waals surface area contributed by atoms with E-state index in [9.17, 15) is 4.79 Å². The Kier molecular flexibility index (Phi) is 1.22. The summed E-state index contributed by atoms with van der Waals surface area (Å²) in [7, 11) is 0. The van der Waals surface area contributed by atoms with Crippen molar-refractivity contribution in [2.24, 2.45) is 11.8 Å². The van der Waals surface area contributed by atoms with E-state index in [1.54, 1.807) is 0 Å². The van der Waals surface area contributed by atoms with Crippen LogP contribution in [0.25, 0.3) is 0 Å². The van der Waals surface area contributed by atoms with Crippen molar-refractivity contribution in [2.45, 2.75) is 19.8 Å². The van der Waals surface area contributed by atoms with Crippen LogP contribution < -0.4 is 0 Å². The van der Waals surface area contributed by atoms with E-state index in [-0.39, 0.29) is 0 Å². The van der Waals surface area contributed by atoms with Crippen LogP contribution in [0.2, 0.25) is 0 Å². The van der Waals surface area contributed by atoms with Crippen LogP contribution in [-0.4, -0.2) is 23.9 Å². The fourth-order valence-corrected chi connectivity index (χ4v) is 1.44. The molecule has 2 nitrogen and oxygen atoms in total. The van der Waals surface area contributed by atoms with Crippen LogP contribution >= 0.6 is 0 Å². The molecular weight excluding hydrogens is 126 g/mol. The van der Waals surface area contributed by atoms with Gasteiger partial charge < -0.3 is 4.90 Å². The van der Waals surface area contributed by atoms with Gasteiger partial charge in [-0.2, -0.15) is 0 Å². The summed E-state index contributed by atoms with van der Waals surface area (Å²) in [6, 6.07) is 0. The van der Waals surface area contributed by atoms with E-state index in [2.05, 4.69) is 6.92 Å². The first-order valence-electron chi connectivity index (χ1n) is 4.08. The quantitative estimate of drug-likeness (QED) is 0.528. The zero-order chi connectivity index (χ0) is 7.14. The monoisotopic (exact) mass is 139 g/mol. The fourth-order valence-electron chi connectivity index (χ4n) is 1.44. The molecule has 2 aliphatic rings. The van der Waals surface area contributed by atoms with Crippen LogP contribution in [-0.2, 0) is 4.79 Å². The molecule has 2 rings (SSSR count). The minimum Gasteiger partial charge on any atom is -0.342 e. The van der Waals surface area contributed by atoms with Crippen LogP contribution in [0.4, 0.5) is 0 Å². The third-order valence-corrected chi connectivity index (χ3v) is 2.59. The van der Waals surface area contributed by atoms with E-state index in [1.165, 1.54) is 6.42 Å². The van der Waals surface area contributed by atoms with E-state index < -0.39 is 0 Å². The van der Waals surface area contributed by atoms with E-state index in [0.717, 1.165) is 19.5 Å². The van der Waals surface area contributed by atoms with Gasteiger partial charge in [0.05, 0.1) is 0 Å². The number of rotatable bonds is 1. The van der Waals surface area contributed by atoms with Crippen LogP contribution in [0.3, 0.4) is 0 Å². The number of carbonyl (C=O) groups is 1. The van der Waals surface area contributed by atoms with E-state index >= 15 is 0 Å². The van der Waals surface area contributed by atoms with Gasteiger partial charge in [-0.05, 0) is 18.8 Å². The molecule has 0 bridgehead atoms. The van der Waals surface area contributed by atoms with Crippen molar-refractivity contribution in [3.63, 3.8) is 0 Å². The molecule has 0 aromatic rings. The van der Waals surface area contributed by atoms with Crippen LogP contribution in [0.1, 0.15) is 19.8 Å². The van der Waals surface area contributed by atoms with Crippen LogP contribution in [0, 0.1) is 11.8 Å². The Morgan fingerprint density at radius 3 is 2.40 bits per heavy atom. The molecule has 2 heteroatoms. The maximum absolute atomic E-state index is 11.3. The molecule has 10 heavy (non-hydrogen) atoms. The number of hydrogen-bond acceptors (Lipinski definition) is 1. The smallest absolute Gasteiger partial charge is 0.225 e. The summed E-state index contributed by atoms with van der Waals surface area (Å²) in [6.45, 7) is 4.19. The lowest BCUT2D eigenvalue weighted by Crippen LogP contribution is -2.43. The van der Waals surface area contributed by atoms with E-state index in [4.69, 9.17) is 0 Å². The maximum Gasteiger partial charge on any atom is 0.225 e. The summed E-state index contributed by atoms with van der Waals surface area (Å²) in [4.78, 5) is 13.3. The summed E-state index contributed by atoms with van der Waals surface area (Å²) in [6.07, 6.45) is 2.35. The molecule has 1 aliphatic heterocycles. The highest BCUT2D eigenvalue weighted by molar-refractivity contribution is 5.82. The van der Waals surface area contributed by atoms with Gasteiger partial charge in [-0.15, -0.1) is 0 Å². The summed E-state index contributed by atoms with van der Waals surface area (Å²) >= 11 is 0. The molecule has 0 unspecified atom stereocenters. The molecule has 0 aromatic carbocycles. The van der Waals surface area contributed by atoms with Crippen LogP contribution in [0.5, 0.6) is 0 Å². The molecule has 2 atom stereocenters. The lowest BCUT2D eigenvalue weighted by Gasteiger charge is -2.31. The van der Waals surface area contributed by atoms with Crippen molar-refractivity contribution in [3.05, 3.63) is 0 Å². The highest BCUT2D eigenvalue weighted by atomic mass is 16.2. The summed E-state index contributed by atoms with van der Waals surface area (Å²) in [5.74, 6) is 1.49. The third kappa shape index (κ3) is 0.825. The molecule has 0 N–H and O–H groups in total. The fraction of sp³-hybridized carbons (Fsp3) is 0.875. The number of amides is 1. The molecule has 1 aliphatic carbocycles. The minimum absolute atomic E-state index is 0.403. The molecule has 0 aromatic heterocycles. The Morgan fingerprint density at radius 1 is 1.50 bits per heavy atom. The van der Waals surface area contributed by atoms with E-state index in [0.29, 0.717) is 17.7 Å². The Balaban J connectivity index is 1.87. The molecule has 2 fully saturated rings. The molecule has 56 valence electrons. The number of hydrogen-bond donors (Lipinski definition) is 0. The van der Waals surface area contributed by atoms with Crippen LogP contribution in [0.15, 0.2) is 0 Å². The summed E-state index contributed by atoms with van der Waals surface area (Å²) in [5, 5.41) is 0. The third-order valence-electron chi connectivity index (χ3n) is 2.59. The van der Waals surface area contributed by atoms with Gasteiger partial charge in [-0.3, -0.25) is 4.79 Å². The Labute approximate surface area is 61.2 Å². The van der Waals surface area contributed by atoms with Gasteiger partial charge in [0.15, 0.2) is 0 Å². The van der Waals surface area contributed by atoms with Gasteiger partial charge in [-0.25, -0.2) is 0 Å². The first-order valence-corrected chi connectivity index (χ1v) is 4.08. The number of carbonyl (C=O) groups excluding carboxylic acids is 1. The highest BCUT2D eigenvalue weighted by Gasteiger charge is 2.42. The maximum atomic E-state index is 11.3. The lowest BCUT2D eigenvalue weighted by molar-refractivity contribution is -0.136. The second-order valence-electron chi connectivity index (χ2n) is 3.50. The topological polar surface area (TPSA) is 20.3 Å². The molecule has 1 amide bonds. The number of likely N-dealkylation sites (tertiary alicyclic amines) is 1. The summed E-state index contributed by atoms with van der Waals surface area (Å²) in [5.41, 5.74) is 0. The lowest BCUT2D eigenvalue weighted by atomic mass is 10.2. The largest absolute Gasteiger partial charge is 0.342 e. The zero-order valence-corrected chi connectivity index (χ0v) is 6.34. The molecular formula is C8H13NO. The Morgan fingerprint density at radius 2 is 2.10 bits per heavy atom. The van der Waals surface area contributed by atoms with Gasteiger partial charge in [0.1, 0.15) is 0 Å². The van der Waals surface area contributed by atoms with Crippen molar-refractivity contribution in [2.75, 3.05) is 13.1 Å². The molecule has 1 heterocycles. The van der Waals surface area contributed by atoms with Gasteiger partial charge in [0.2, 0.25) is 5.91 Å². The second-order valence-corrected chi connectivity index (χ2v) is 3.50. The van der Waals surface area contributed by atoms with Gasteiger partial charge in [0.25, 0.3) is 0 Å². The van der Waals surface area contributed by atoms with Crippen molar-refractivity contribution >= 4 is 5.91 Å². The molecule has 0 spiro atoms.